The quantitative estimate of drug-likeness (QED) is 0.353. The summed E-state index contributed by atoms with van der Waals surface area (Å²) in [5.41, 5.74) is 2.85. The first-order valence-electron chi connectivity index (χ1n) is 12.1. The third kappa shape index (κ3) is 5.88. The number of benzene rings is 3. The zero-order valence-corrected chi connectivity index (χ0v) is 20.8. The molecular weight excluding hydrogens is 473 g/mol. The molecule has 1 aliphatic rings. The average molecular weight is 502 g/mol. The third-order valence-electron chi connectivity index (χ3n) is 6.30. The van der Waals surface area contributed by atoms with E-state index in [1.165, 1.54) is 17.6 Å². The molecule has 2 heterocycles. The van der Waals surface area contributed by atoms with Crippen LogP contribution in [0.2, 0.25) is 0 Å². The van der Waals surface area contributed by atoms with E-state index in [1.807, 2.05) is 57.2 Å². The molecule has 1 fully saturated rings. The number of aromatic nitrogens is 2. The molecule has 0 N–H and O–H groups in total. The highest BCUT2D eigenvalue weighted by Crippen LogP contribution is 2.23. The standard InChI is InChI=1S/C28H28FN5OS/c29-24-13-7-8-14-25(24)32-15-17-33(18-16-32)27(35)21-34(20-23-11-5-2-6-12-23)28-30-26(31-36-28)19-22-9-3-1-4-10-22/h1-14H,15-21H2. The van der Waals surface area contributed by atoms with Gasteiger partial charge in [-0.25, -0.2) is 9.37 Å². The van der Waals surface area contributed by atoms with Crippen LogP contribution in [-0.4, -0.2) is 52.9 Å². The Kier molecular flexibility index (Phi) is 7.52. The lowest BCUT2D eigenvalue weighted by Crippen LogP contribution is -2.51. The molecule has 1 aliphatic heterocycles. The second kappa shape index (κ2) is 11.3. The lowest BCUT2D eigenvalue weighted by atomic mass is 10.1. The molecule has 0 bridgehead atoms. The minimum absolute atomic E-state index is 0.0407. The maximum absolute atomic E-state index is 14.2. The predicted octanol–water partition coefficient (Wildman–Crippen LogP) is 4.62. The highest BCUT2D eigenvalue weighted by atomic mass is 32.1. The van der Waals surface area contributed by atoms with Crippen molar-refractivity contribution in [3.05, 3.63) is 108 Å². The maximum Gasteiger partial charge on any atom is 0.242 e. The van der Waals surface area contributed by atoms with Gasteiger partial charge in [0, 0.05) is 50.7 Å². The number of carbonyl (C=O) groups is 1. The second-order valence-corrected chi connectivity index (χ2v) is 9.55. The normalized spacial score (nSPS) is 13.6. The Labute approximate surface area is 214 Å². The number of piperazine rings is 1. The Morgan fingerprint density at radius 1 is 0.861 bits per heavy atom. The minimum Gasteiger partial charge on any atom is -0.366 e. The molecule has 0 radical (unpaired) electrons. The van der Waals surface area contributed by atoms with Crippen LogP contribution in [0, 0.1) is 5.82 Å². The highest BCUT2D eigenvalue weighted by Gasteiger charge is 2.25. The van der Waals surface area contributed by atoms with Gasteiger partial charge in [-0.05, 0) is 23.3 Å². The SMILES string of the molecule is O=C(CN(Cc1ccccc1)c1nc(Cc2ccccc2)ns1)N1CCN(c2ccccc2F)CC1. The maximum atomic E-state index is 14.2. The number of carbonyl (C=O) groups excluding carboxylic acids is 1. The molecule has 1 amide bonds. The molecule has 0 aliphatic carbocycles. The molecule has 1 saturated heterocycles. The summed E-state index contributed by atoms with van der Waals surface area (Å²) in [5.74, 6) is 0.568. The molecule has 184 valence electrons. The van der Waals surface area contributed by atoms with Crippen molar-refractivity contribution in [2.24, 2.45) is 0 Å². The number of hydrogen-bond donors (Lipinski definition) is 0. The molecule has 36 heavy (non-hydrogen) atoms. The Hall–Kier alpha value is -3.78. The van der Waals surface area contributed by atoms with Crippen molar-refractivity contribution in [1.29, 1.82) is 0 Å². The number of amides is 1. The Morgan fingerprint density at radius 2 is 1.50 bits per heavy atom. The van der Waals surface area contributed by atoms with Gasteiger partial charge in [0.05, 0.1) is 12.2 Å². The van der Waals surface area contributed by atoms with E-state index in [0.717, 1.165) is 22.1 Å². The van der Waals surface area contributed by atoms with E-state index in [1.54, 1.807) is 12.1 Å². The Morgan fingerprint density at radius 3 is 2.19 bits per heavy atom. The fraction of sp³-hybridized carbons (Fsp3) is 0.250. The lowest BCUT2D eigenvalue weighted by Gasteiger charge is -2.37. The summed E-state index contributed by atoms with van der Waals surface area (Å²) in [6.45, 7) is 3.11. The molecule has 4 aromatic rings. The van der Waals surface area contributed by atoms with Crippen LogP contribution in [0.4, 0.5) is 15.2 Å². The first-order valence-corrected chi connectivity index (χ1v) is 12.9. The monoisotopic (exact) mass is 501 g/mol. The van der Waals surface area contributed by atoms with E-state index >= 15 is 0 Å². The third-order valence-corrected chi connectivity index (χ3v) is 7.12. The van der Waals surface area contributed by atoms with Crippen LogP contribution < -0.4 is 9.80 Å². The van der Waals surface area contributed by atoms with Gasteiger partial charge in [-0.1, -0.05) is 72.8 Å². The molecule has 0 unspecified atom stereocenters. The number of hydrogen-bond acceptors (Lipinski definition) is 6. The van der Waals surface area contributed by atoms with Gasteiger partial charge < -0.3 is 14.7 Å². The minimum atomic E-state index is -0.228. The van der Waals surface area contributed by atoms with Gasteiger partial charge in [0.25, 0.3) is 0 Å². The largest absolute Gasteiger partial charge is 0.366 e. The highest BCUT2D eigenvalue weighted by molar-refractivity contribution is 7.09. The summed E-state index contributed by atoms with van der Waals surface area (Å²) < 4.78 is 18.8. The van der Waals surface area contributed by atoms with Crippen molar-refractivity contribution < 1.29 is 9.18 Å². The van der Waals surface area contributed by atoms with E-state index in [0.29, 0.717) is 44.8 Å². The molecule has 0 atom stereocenters. The van der Waals surface area contributed by atoms with Gasteiger partial charge in [0.2, 0.25) is 11.0 Å². The molecule has 6 nitrogen and oxygen atoms in total. The number of halogens is 1. The summed E-state index contributed by atoms with van der Waals surface area (Å²) in [7, 11) is 0. The van der Waals surface area contributed by atoms with E-state index in [2.05, 4.69) is 28.6 Å². The van der Waals surface area contributed by atoms with Gasteiger partial charge in [-0.15, -0.1) is 0 Å². The van der Waals surface area contributed by atoms with E-state index < -0.39 is 0 Å². The van der Waals surface area contributed by atoms with Gasteiger partial charge >= 0.3 is 0 Å². The first-order chi connectivity index (χ1) is 17.7. The van der Waals surface area contributed by atoms with Crippen molar-refractivity contribution in [2.45, 2.75) is 13.0 Å². The summed E-state index contributed by atoms with van der Waals surface area (Å²) in [6, 6.07) is 27.0. The van der Waals surface area contributed by atoms with Gasteiger partial charge in [0.15, 0.2) is 0 Å². The zero-order chi connectivity index (χ0) is 24.7. The average Bonchev–Trinajstić information content (AvgIpc) is 3.38. The van der Waals surface area contributed by atoms with Gasteiger partial charge in [-0.3, -0.25) is 4.79 Å². The van der Waals surface area contributed by atoms with Crippen molar-refractivity contribution in [2.75, 3.05) is 42.5 Å². The number of anilines is 2. The van der Waals surface area contributed by atoms with Crippen LogP contribution in [-0.2, 0) is 17.8 Å². The summed E-state index contributed by atoms with van der Waals surface area (Å²) in [6.07, 6.45) is 0.655. The van der Waals surface area contributed by atoms with E-state index in [-0.39, 0.29) is 18.3 Å². The molecule has 0 spiro atoms. The molecular formula is C28H28FN5OS. The van der Waals surface area contributed by atoms with Crippen LogP contribution in [0.5, 0.6) is 0 Å². The van der Waals surface area contributed by atoms with Crippen LogP contribution in [0.25, 0.3) is 0 Å². The predicted molar refractivity (Wildman–Crippen MR) is 142 cm³/mol. The van der Waals surface area contributed by atoms with Crippen molar-refractivity contribution in [1.82, 2.24) is 14.3 Å². The van der Waals surface area contributed by atoms with Gasteiger partial charge in [0.1, 0.15) is 11.6 Å². The summed E-state index contributed by atoms with van der Waals surface area (Å²) in [5, 5.41) is 0.739. The van der Waals surface area contributed by atoms with Crippen LogP contribution in [0.15, 0.2) is 84.9 Å². The van der Waals surface area contributed by atoms with Crippen LogP contribution in [0.3, 0.4) is 0 Å². The number of nitrogens with zero attached hydrogens (tertiary/aromatic N) is 5. The van der Waals surface area contributed by atoms with Crippen molar-refractivity contribution in [3.8, 4) is 0 Å². The first kappa shape index (κ1) is 23.9. The summed E-state index contributed by atoms with van der Waals surface area (Å²) >= 11 is 1.33. The summed E-state index contributed by atoms with van der Waals surface area (Å²) in [4.78, 5) is 24.0. The fourth-order valence-electron chi connectivity index (χ4n) is 4.39. The zero-order valence-electron chi connectivity index (χ0n) is 20.0. The van der Waals surface area contributed by atoms with Crippen molar-refractivity contribution >= 4 is 28.3 Å². The molecule has 5 rings (SSSR count). The second-order valence-electron chi connectivity index (χ2n) is 8.82. The molecule has 3 aromatic carbocycles. The number of rotatable bonds is 8. The van der Waals surface area contributed by atoms with Crippen LogP contribution >= 0.6 is 11.5 Å². The fourth-order valence-corrected chi connectivity index (χ4v) is 5.07. The number of para-hydroxylation sites is 1. The molecule has 0 saturated carbocycles. The van der Waals surface area contributed by atoms with Gasteiger partial charge in [-0.2, -0.15) is 4.37 Å². The Balaban J connectivity index is 1.27. The molecule has 1 aromatic heterocycles. The van der Waals surface area contributed by atoms with Crippen LogP contribution in [0.1, 0.15) is 17.0 Å². The molecule has 8 heteroatoms. The lowest BCUT2D eigenvalue weighted by molar-refractivity contribution is -0.130. The van der Waals surface area contributed by atoms with Crippen molar-refractivity contribution in [3.63, 3.8) is 0 Å². The smallest absolute Gasteiger partial charge is 0.242 e. The Bertz CT molecular complexity index is 1280. The van der Waals surface area contributed by atoms with E-state index in [9.17, 15) is 9.18 Å². The topological polar surface area (TPSA) is 52.6 Å². The van der Waals surface area contributed by atoms with E-state index in [4.69, 9.17) is 4.98 Å².